The number of ether oxygens (including phenoxy) is 1. The average molecular weight is 268 g/mol. The van der Waals surface area contributed by atoms with E-state index in [-0.39, 0.29) is 6.54 Å². The minimum absolute atomic E-state index is 0.113. The Kier molecular flexibility index (Phi) is 4.76. The Labute approximate surface area is 112 Å². The van der Waals surface area contributed by atoms with Crippen LogP contribution in [0.25, 0.3) is 0 Å². The van der Waals surface area contributed by atoms with E-state index in [0.29, 0.717) is 19.4 Å². The predicted molar refractivity (Wildman–Crippen MR) is 67.3 cm³/mol. The molecule has 1 amide bonds. The molecule has 2 atom stereocenters. The second-order valence-corrected chi connectivity index (χ2v) is 5.75. The number of aliphatic carboxylic acids is 1. The Morgan fingerprint density at radius 3 is 2.53 bits per heavy atom. The van der Waals surface area contributed by atoms with Crippen LogP contribution in [0.4, 0.5) is 4.79 Å². The van der Waals surface area contributed by atoms with Crippen molar-refractivity contribution in [2.45, 2.75) is 39.2 Å². The van der Waals surface area contributed by atoms with Gasteiger partial charge in [-0.25, -0.2) is 4.79 Å². The minimum atomic E-state index is -0.974. The SMILES string of the molecule is CC(C)(C)OC(=O)N1CCCC(C(=O)O)C(C#N)C1. The van der Waals surface area contributed by atoms with Crippen molar-refractivity contribution in [1.29, 1.82) is 5.26 Å². The number of amides is 1. The van der Waals surface area contributed by atoms with Gasteiger partial charge >= 0.3 is 12.1 Å². The summed E-state index contributed by atoms with van der Waals surface area (Å²) in [6, 6.07) is 1.99. The van der Waals surface area contributed by atoms with E-state index >= 15 is 0 Å². The Balaban J connectivity index is 2.76. The van der Waals surface area contributed by atoms with Gasteiger partial charge < -0.3 is 14.7 Å². The van der Waals surface area contributed by atoms with E-state index in [9.17, 15) is 9.59 Å². The first-order chi connectivity index (χ1) is 8.74. The molecule has 0 aromatic carbocycles. The zero-order valence-electron chi connectivity index (χ0n) is 11.5. The van der Waals surface area contributed by atoms with Gasteiger partial charge in [0.05, 0.1) is 17.9 Å². The average Bonchev–Trinajstić information content (AvgIpc) is 2.48. The Morgan fingerprint density at radius 1 is 1.42 bits per heavy atom. The molecule has 1 fully saturated rings. The number of nitriles is 1. The van der Waals surface area contributed by atoms with Crippen LogP contribution < -0.4 is 0 Å². The summed E-state index contributed by atoms with van der Waals surface area (Å²) < 4.78 is 5.25. The van der Waals surface area contributed by atoms with Gasteiger partial charge in [0.2, 0.25) is 0 Å². The first kappa shape index (κ1) is 15.3. The highest BCUT2D eigenvalue weighted by molar-refractivity contribution is 5.72. The molecule has 0 aromatic heterocycles. The van der Waals surface area contributed by atoms with Crippen LogP contribution in [-0.4, -0.2) is 40.8 Å². The molecule has 0 bridgehead atoms. The van der Waals surface area contributed by atoms with Crippen LogP contribution in [0, 0.1) is 23.2 Å². The second kappa shape index (κ2) is 5.91. The molecule has 106 valence electrons. The van der Waals surface area contributed by atoms with Gasteiger partial charge in [0, 0.05) is 13.1 Å². The smallest absolute Gasteiger partial charge is 0.410 e. The van der Waals surface area contributed by atoms with Gasteiger partial charge in [0.1, 0.15) is 5.60 Å². The fourth-order valence-electron chi connectivity index (χ4n) is 2.08. The van der Waals surface area contributed by atoms with E-state index in [1.54, 1.807) is 20.8 Å². The lowest BCUT2D eigenvalue weighted by molar-refractivity contribution is -0.143. The molecule has 1 saturated heterocycles. The van der Waals surface area contributed by atoms with E-state index in [0.717, 1.165) is 0 Å². The van der Waals surface area contributed by atoms with Gasteiger partial charge in [-0.05, 0) is 33.6 Å². The fraction of sp³-hybridized carbons (Fsp3) is 0.769. The van der Waals surface area contributed by atoms with E-state index in [1.807, 2.05) is 6.07 Å². The quantitative estimate of drug-likeness (QED) is 0.783. The number of rotatable bonds is 1. The first-order valence-corrected chi connectivity index (χ1v) is 6.35. The van der Waals surface area contributed by atoms with Crippen molar-refractivity contribution in [2.75, 3.05) is 13.1 Å². The predicted octanol–water partition coefficient (Wildman–Crippen LogP) is 1.86. The van der Waals surface area contributed by atoms with Crippen LogP contribution in [-0.2, 0) is 9.53 Å². The molecule has 1 aliphatic heterocycles. The van der Waals surface area contributed by atoms with Crippen molar-refractivity contribution < 1.29 is 19.4 Å². The molecule has 6 heteroatoms. The molecule has 1 N–H and O–H groups in total. The van der Waals surface area contributed by atoms with Crippen LogP contribution in [0.15, 0.2) is 0 Å². The number of carbonyl (C=O) groups is 2. The number of carboxylic acid groups (broad SMARTS) is 1. The summed E-state index contributed by atoms with van der Waals surface area (Å²) >= 11 is 0. The van der Waals surface area contributed by atoms with Crippen molar-refractivity contribution in [3.8, 4) is 6.07 Å². The molecular weight excluding hydrogens is 248 g/mol. The highest BCUT2D eigenvalue weighted by atomic mass is 16.6. The molecule has 1 heterocycles. The van der Waals surface area contributed by atoms with Gasteiger partial charge in [0.15, 0.2) is 0 Å². The van der Waals surface area contributed by atoms with E-state index in [2.05, 4.69) is 0 Å². The van der Waals surface area contributed by atoms with Crippen LogP contribution in [0.2, 0.25) is 0 Å². The molecular formula is C13H20N2O4. The number of hydrogen-bond acceptors (Lipinski definition) is 4. The topological polar surface area (TPSA) is 90.6 Å². The van der Waals surface area contributed by atoms with Gasteiger partial charge in [0.25, 0.3) is 0 Å². The lowest BCUT2D eigenvalue weighted by Gasteiger charge is -2.27. The summed E-state index contributed by atoms with van der Waals surface area (Å²) in [6.45, 7) is 5.85. The molecule has 19 heavy (non-hydrogen) atoms. The van der Waals surface area contributed by atoms with Crippen LogP contribution in [0.3, 0.4) is 0 Å². The van der Waals surface area contributed by atoms with Crippen molar-refractivity contribution in [3.63, 3.8) is 0 Å². The molecule has 0 radical (unpaired) electrons. The summed E-state index contributed by atoms with van der Waals surface area (Å²) in [4.78, 5) is 24.5. The van der Waals surface area contributed by atoms with Gasteiger partial charge in [-0.15, -0.1) is 0 Å². The first-order valence-electron chi connectivity index (χ1n) is 6.35. The van der Waals surface area contributed by atoms with Crippen LogP contribution in [0.1, 0.15) is 33.6 Å². The lowest BCUT2D eigenvalue weighted by atomic mass is 9.91. The summed E-state index contributed by atoms with van der Waals surface area (Å²) in [5, 5.41) is 18.2. The van der Waals surface area contributed by atoms with Gasteiger partial charge in [-0.1, -0.05) is 0 Å². The second-order valence-electron chi connectivity index (χ2n) is 5.75. The number of nitrogens with zero attached hydrogens (tertiary/aromatic N) is 2. The maximum absolute atomic E-state index is 12.0. The summed E-state index contributed by atoms with van der Waals surface area (Å²) in [5.74, 6) is -2.37. The largest absolute Gasteiger partial charge is 0.481 e. The molecule has 1 aliphatic rings. The molecule has 2 unspecified atom stereocenters. The van der Waals surface area contributed by atoms with Crippen molar-refractivity contribution >= 4 is 12.1 Å². The third-order valence-electron chi connectivity index (χ3n) is 2.98. The standard InChI is InChI=1S/C13H20N2O4/c1-13(2,3)19-12(18)15-6-4-5-10(11(16)17)9(7-14)8-15/h9-10H,4-6,8H2,1-3H3,(H,16,17). The zero-order valence-corrected chi connectivity index (χ0v) is 11.5. The highest BCUT2D eigenvalue weighted by Crippen LogP contribution is 2.24. The third-order valence-corrected chi connectivity index (χ3v) is 2.98. The van der Waals surface area contributed by atoms with Crippen LogP contribution in [0.5, 0.6) is 0 Å². The Bertz CT molecular complexity index is 394. The number of carboxylic acids is 1. The Morgan fingerprint density at radius 2 is 2.05 bits per heavy atom. The van der Waals surface area contributed by atoms with Gasteiger partial charge in [-0.3, -0.25) is 4.79 Å². The summed E-state index contributed by atoms with van der Waals surface area (Å²) in [5.41, 5.74) is -0.599. The molecule has 0 aliphatic carbocycles. The van der Waals surface area contributed by atoms with Crippen LogP contribution >= 0.6 is 0 Å². The number of hydrogen-bond donors (Lipinski definition) is 1. The van der Waals surface area contributed by atoms with Crippen molar-refractivity contribution in [1.82, 2.24) is 4.90 Å². The molecule has 1 rings (SSSR count). The summed E-state index contributed by atoms with van der Waals surface area (Å²) in [6.07, 6.45) is 0.486. The lowest BCUT2D eigenvalue weighted by Crippen LogP contribution is -2.40. The highest BCUT2D eigenvalue weighted by Gasteiger charge is 2.35. The van der Waals surface area contributed by atoms with Crippen molar-refractivity contribution in [3.05, 3.63) is 0 Å². The molecule has 0 saturated carbocycles. The summed E-state index contributed by atoms with van der Waals surface area (Å²) in [7, 11) is 0. The van der Waals surface area contributed by atoms with E-state index < -0.39 is 29.5 Å². The zero-order chi connectivity index (χ0) is 14.6. The fourth-order valence-corrected chi connectivity index (χ4v) is 2.08. The number of carbonyl (C=O) groups excluding carboxylic acids is 1. The van der Waals surface area contributed by atoms with E-state index in [4.69, 9.17) is 15.1 Å². The maximum Gasteiger partial charge on any atom is 0.410 e. The third kappa shape index (κ3) is 4.43. The van der Waals surface area contributed by atoms with Crippen molar-refractivity contribution in [2.24, 2.45) is 11.8 Å². The number of likely N-dealkylation sites (tertiary alicyclic amines) is 1. The molecule has 0 spiro atoms. The minimum Gasteiger partial charge on any atom is -0.481 e. The normalized spacial score (nSPS) is 24.2. The van der Waals surface area contributed by atoms with Gasteiger partial charge in [-0.2, -0.15) is 5.26 Å². The molecule has 0 aromatic rings. The molecule has 6 nitrogen and oxygen atoms in total. The van der Waals surface area contributed by atoms with E-state index in [1.165, 1.54) is 4.90 Å². The Hall–Kier alpha value is -1.77. The maximum atomic E-state index is 12.0. The monoisotopic (exact) mass is 268 g/mol.